The van der Waals surface area contributed by atoms with Gasteiger partial charge in [0, 0.05) is 0 Å². The van der Waals surface area contributed by atoms with E-state index in [1.165, 1.54) is 0 Å². The van der Waals surface area contributed by atoms with Crippen LogP contribution in [0.15, 0.2) is 0 Å². The van der Waals surface area contributed by atoms with Gasteiger partial charge >= 0.3 is 21.5 Å². The van der Waals surface area contributed by atoms with Gasteiger partial charge in [-0.25, -0.2) is 8.42 Å². The molecule has 0 aliphatic rings. The Kier molecular flexibility index (Phi) is 3.20. The number of sulfonamides is 1. The Hall–Kier alpha value is -0.510. The molecule has 0 heterocycles. The number of halogens is 6. The number of nitrogens with one attached hydrogen (secondary N) is 1. The molecule has 0 unspecified atom stereocenters. The molecular formula is C3H3F6NO2S. The summed E-state index contributed by atoms with van der Waals surface area (Å²) >= 11 is 0. The average Bonchev–Trinajstić information content (AvgIpc) is 1.81. The lowest BCUT2D eigenvalue weighted by Crippen LogP contribution is -2.39. The molecule has 80 valence electrons. The topological polar surface area (TPSA) is 46.2 Å². The smallest absolute Gasteiger partial charge is 0.204 e. The summed E-state index contributed by atoms with van der Waals surface area (Å²) in [7, 11) is -5.90. The van der Waals surface area contributed by atoms with Gasteiger partial charge in [0.25, 0.3) is 0 Å². The fourth-order valence-electron chi connectivity index (χ4n) is 0.385. The molecule has 0 spiro atoms. The zero-order chi connectivity index (χ0) is 10.9. The second-order valence-electron chi connectivity index (χ2n) is 2.01. The molecule has 0 saturated heterocycles. The minimum Gasteiger partial charge on any atom is -0.204 e. The first-order valence-electron chi connectivity index (χ1n) is 2.58. The van der Waals surface area contributed by atoms with Crippen molar-refractivity contribution in [1.29, 1.82) is 0 Å². The van der Waals surface area contributed by atoms with Crippen molar-refractivity contribution in [1.82, 2.24) is 4.94 Å². The molecule has 0 aliphatic carbocycles. The summed E-state index contributed by atoms with van der Waals surface area (Å²) in [6.45, 7) is 0. The van der Waals surface area contributed by atoms with E-state index >= 15 is 0 Å². The molecular weight excluding hydrogens is 228 g/mol. The van der Waals surface area contributed by atoms with E-state index in [9.17, 15) is 34.9 Å². The summed E-state index contributed by atoms with van der Waals surface area (Å²) < 4.78 is 89.2. The number of hydrogen-bond donors (Lipinski definition) is 1. The van der Waals surface area contributed by atoms with Gasteiger partial charge in [-0.2, -0.15) is 22.0 Å². The molecule has 0 aliphatic heterocycles. The van der Waals surface area contributed by atoms with E-state index in [0.29, 0.717) is 0 Å². The van der Waals surface area contributed by atoms with Crippen LogP contribution in [0.5, 0.6) is 0 Å². The molecule has 0 bridgehead atoms. The maximum absolute atomic E-state index is 12.1. The Balaban J connectivity index is 4.80. The SMILES string of the molecule is O=S(=O)(NF)C(F)(F)CC(F)(F)F. The monoisotopic (exact) mass is 231 g/mol. The summed E-state index contributed by atoms with van der Waals surface area (Å²) in [6, 6.07) is 0. The Morgan fingerprint density at radius 1 is 1.08 bits per heavy atom. The lowest BCUT2D eigenvalue weighted by Gasteiger charge is -2.15. The highest BCUT2D eigenvalue weighted by atomic mass is 32.2. The third kappa shape index (κ3) is 3.38. The summed E-state index contributed by atoms with van der Waals surface area (Å²) in [5, 5.41) is -5.21. The van der Waals surface area contributed by atoms with Crippen molar-refractivity contribution in [2.24, 2.45) is 0 Å². The highest BCUT2D eigenvalue weighted by Gasteiger charge is 2.53. The summed E-state index contributed by atoms with van der Waals surface area (Å²) in [4.78, 5) is -0.374. The van der Waals surface area contributed by atoms with Gasteiger partial charge in [-0.3, -0.25) is 0 Å². The molecule has 0 atom stereocenters. The van der Waals surface area contributed by atoms with Gasteiger partial charge in [0.1, 0.15) is 6.42 Å². The van der Waals surface area contributed by atoms with Crippen LogP contribution in [0.25, 0.3) is 0 Å². The molecule has 3 nitrogen and oxygen atoms in total. The molecule has 1 N–H and O–H groups in total. The van der Waals surface area contributed by atoms with Crippen molar-refractivity contribution in [2.75, 3.05) is 0 Å². The van der Waals surface area contributed by atoms with Crippen molar-refractivity contribution in [3.63, 3.8) is 0 Å². The van der Waals surface area contributed by atoms with Crippen molar-refractivity contribution >= 4 is 10.0 Å². The van der Waals surface area contributed by atoms with Gasteiger partial charge in [-0.1, -0.05) is 0 Å². The van der Waals surface area contributed by atoms with E-state index in [1.807, 2.05) is 0 Å². The molecule has 0 amide bonds. The maximum atomic E-state index is 12.1. The molecule has 0 aromatic carbocycles. The fourth-order valence-corrected chi connectivity index (χ4v) is 0.851. The van der Waals surface area contributed by atoms with Crippen LogP contribution in [0.1, 0.15) is 6.42 Å². The summed E-state index contributed by atoms with van der Waals surface area (Å²) in [5.41, 5.74) is 0. The minimum absolute atomic E-state index is 0.374. The zero-order valence-electron chi connectivity index (χ0n) is 5.70. The van der Waals surface area contributed by atoms with Crippen LogP contribution >= 0.6 is 0 Å². The van der Waals surface area contributed by atoms with Gasteiger partial charge in [-0.05, 0) is 4.94 Å². The predicted molar refractivity (Wildman–Crippen MR) is 28.8 cm³/mol. The van der Waals surface area contributed by atoms with E-state index in [-0.39, 0.29) is 4.94 Å². The minimum atomic E-state index is -5.90. The van der Waals surface area contributed by atoms with Crippen LogP contribution in [0, 0.1) is 0 Å². The van der Waals surface area contributed by atoms with Crippen molar-refractivity contribution in [2.45, 2.75) is 17.9 Å². The standard InChI is InChI=1S/C3H3F6NO2S/c4-2(5,6)1-3(7,8)13(11,12)10-9/h10H,1H2. The van der Waals surface area contributed by atoms with Gasteiger partial charge in [0.05, 0.1) is 0 Å². The van der Waals surface area contributed by atoms with Crippen LogP contribution < -0.4 is 4.94 Å². The Morgan fingerprint density at radius 3 is 1.69 bits per heavy atom. The van der Waals surface area contributed by atoms with Crippen LogP contribution in [0.2, 0.25) is 0 Å². The van der Waals surface area contributed by atoms with E-state index < -0.39 is 27.9 Å². The van der Waals surface area contributed by atoms with Crippen molar-refractivity contribution < 1.29 is 34.9 Å². The first-order valence-corrected chi connectivity index (χ1v) is 4.07. The quantitative estimate of drug-likeness (QED) is 0.588. The maximum Gasteiger partial charge on any atom is 0.396 e. The van der Waals surface area contributed by atoms with Crippen molar-refractivity contribution in [3.8, 4) is 0 Å². The third-order valence-corrected chi connectivity index (χ3v) is 2.03. The zero-order valence-corrected chi connectivity index (χ0v) is 6.52. The van der Waals surface area contributed by atoms with E-state index in [1.54, 1.807) is 0 Å². The molecule has 0 aromatic heterocycles. The van der Waals surface area contributed by atoms with Crippen LogP contribution in [-0.2, 0) is 10.0 Å². The molecule has 13 heavy (non-hydrogen) atoms. The third-order valence-electron chi connectivity index (χ3n) is 0.901. The van der Waals surface area contributed by atoms with Gasteiger partial charge in [0.15, 0.2) is 0 Å². The van der Waals surface area contributed by atoms with Crippen molar-refractivity contribution in [3.05, 3.63) is 0 Å². The van der Waals surface area contributed by atoms with E-state index in [0.717, 1.165) is 0 Å². The largest absolute Gasteiger partial charge is 0.396 e. The highest BCUT2D eigenvalue weighted by molar-refractivity contribution is 7.90. The van der Waals surface area contributed by atoms with E-state index in [4.69, 9.17) is 0 Å². The molecule has 0 radical (unpaired) electrons. The van der Waals surface area contributed by atoms with Crippen LogP contribution in [0.4, 0.5) is 26.4 Å². The lowest BCUT2D eigenvalue weighted by atomic mass is 10.4. The first-order chi connectivity index (χ1) is 5.52. The molecule has 10 heteroatoms. The van der Waals surface area contributed by atoms with Gasteiger partial charge in [-0.15, -0.1) is 4.48 Å². The normalized spacial score (nSPS) is 14.6. The molecule has 0 fully saturated rings. The van der Waals surface area contributed by atoms with Gasteiger partial charge < -0.3 is 0 Å². The predicted octanol–water partition coefficient (Wildman–Crippen LogP) is 1.34. The molecule has 0 saturated carbocycles. The Bertz CT molecular complexity index is 268. The van der Waals surface area contributed by atoms with Gasteiger partial charge in [0.2, 0.25) is 0 Å². The second-order valence-corrected chi connectivity index (χ2v) is 3.77. The molecule has 0 aromatic rings. The molecule has 0 rings (SSSR count). The van der Waals surface area contributed by atoms with E-state index in [2.05, 4.69) is 0 Å². The fraction of sp³-hybridized carbons (Fsp3) is 1.00. The lowest BCUT2D eigenvalue weighted by molar-refractivity contribution is -0.167. The van der Waals surface area contributed by atoms with Crippen LogP contribution in [0.3, 0.4) is 0 Å². The summed E-state index contributed by atoms with van der Waals surface area (Å²) in [5.74, 6) is 0. The first kappa shape index (κ1) is 12.5. The Morgan fingerprint density at radius 2 is 1.46 bits per heavy atom. The highest BCUT2D eigenvalue weighted by Crippen LogP contribution is 2.34. The number of hydrogen-bond acceptors (Lipinski definition) is 2. The summed E-state index contributed by atoms with van der Waals surface area (Å²) in [6.07, 6.45) is -8.33. The number of rotatable bonds is 3. The average molecular weight is 231 g/mol. The van der Waals surface area contributed by atoms with Crippen LogP contribution in [-0.4, -0.2) is 19.8 Å². The Labute approximate surface area is 68.7 Å². The number of alkyl halides is 5. The second kappa shape index (κ2) is 3.33.